The molecule has 0 fully saturated rings. The van der Waals surface area contributed by atoms with Crippen LogP contribution in [0, 0.1) is 0 Å². The molecule has 0 aliphatic carbocycles. The van der Waals surface area contributed by atoms with Gasteiger partial charge in [-0.1, -0.05) is 15.9 Å². The summed E-state index contributed by atoms with van der Waals surface area (Å²) >= 11 is 8.77. The van der Waals surface area contributed by atoms with Gasteiger partial charge in [-0.15, -0.1) is 11.3 Å². The molecular formula is C14H11Br2IN2S. The Kier molecular flexibility index (Phi) is 5.56. The van der Waals surface area contributed by atoms with E-state index in [0.29, 0.717) is 0 Å². The third kappa shape index (κ3) is 3.40. The number of aromatic nitrogens is 2. The molecule has 1 aromatic carbocycles. The molecule has 0 saturated heterocycles. The molecule has 2 heterocycles. The van der Waals surface area contributed by atoms with Crippen LogP contribution in [0.3, 0.4) is 0 Å². The van der Waals surface area contributed by atoms with Crippen LogP contribution in [0.25, 0.3) is 20.8 Å². The highest BCUT2D eigenvalue weighted by atomic mass is 127. The maximum atomic E-state index is 4.70. The van der Waals surface area contributed by atoms with Gasteiger partial charge < -0.3 is 24.0 Å². The predicted molar refractivity (Wildman–Crippen MR) is 86.3 cm³/mol. The largest absolute Gasteiger partial charge is 1.00 e. The van der Waals surface area contributed by atoms with Crippen molar-refractivity contribution >= 4 is 53.4 Å². The second-order valence-corrected chi connectivity index (χ2v) is 7.07. The van der Waals surface area contributed by atoms with Gasteiger partial charge in [0.1, 0.15) is 11.6 Å². The van der Waals surface area contributed by atoms with E-state index in [-0.39, 0.29) is 24.0 Å². The molecule has 0 bridgehead atoms. The van der Waals surface area contributed by atoms with Crippen LogP contribution in [-0.2, 0) is 6.54 Å². The minimum Gasteiger partial charge on any atom is -1.00 e. The first-order valence-corrected chi connectivity index (χ1v) is 8.32. The van der Waals surface area contributed by atoms with Gasteiger partial charge in [0.15, 0.2) is 12.4 Å². The molecule has 0 aliphatic rings. The van der Waals surface area contributed by atoms with Crippen molar-refractivity contribution in [2.24, 2.45) is 0 Å². The maximum Gasteiger partial charge on any atom is 0.183 e. The number of nitrogens with zero attached hydrogens (tertiary/aromatic N) is 2. The van der Waals surface area contributed by atoms with E-state index >= 15 is 0 Å². The Morgan fingerprint density at radius 1 is 1.15 bits per heavy atom. The standard InChI is InChI=1S/C14H11Br2N2S.HI/c1-2-18-7-9(5-11(16)8-18)14-17-12-4-3-10(15)6-13(12)19-14;/h3-8H,2H2,1H3;1H/q+1;/p-1. The average molecular weight is 526 g/mol. The molecule has 3 aromatic rings. The number of benzene rings is 1. The van der Waals surface area contributed by atoms with Crippen LogP contribution in [0.4, 0.5) is 0 Å². The van der Waals surface area contributed by atoms with Gasteiger partial charge in [0.2, 0.25) is 0 Å². The van der Waals surface area contributed by atoms with Gasteiger partial charge in [-0.05, 0) is 47.1 Å². The number of rotatable bonds is 2. The lowest BCUT2D eigenvalue weighted by Gasteiger charge is -1.97. The quantitative estimate of drug-likeness (QED) is 0.368. The lowest BCUT2D eigenvalue weighted by Crippen LogP contribution is -3.00. The molecule has 0 unspecified atom stereocenters. The molecule has 0 spiro atoms. The molecule has 6 heteroatoms. The fourth-order valence-corrected chi connectivity index (χ4v) is 3.93. The summed E-state index contributed by atoms with van der Waals surface area (Å²) in [4.78, 5) is 4.70. The zero-order valence-electron chi connectivity index (χ0n) is 10.6. The number of hydrogen-bond acceptors (Lipinski definition) is 2. The van der Waals surface area contributed by atoms with Crippen molar-refractivity contribution in [3.05, 3.63) is 45.6 Å². The van der Waals surface area contributed by atoms with Crippen LogP contribution < -0.4 is 28.5 Å². The zero-order chi connectivity index (χ0) is 13.4. The second-order valence-electron chi connectivity index (χ2n) is 4.20. The predicted octanol–water partition coefficient (Wildman–Crippen LogP) is 1.80. The second kappa shape index (κ2) is 6.81. The molecule has 2 aromatic heterocycles. The lowest BCUT2D eigenvalue weighted by atomic mass is 10.3. The Morgan fingerprint density at radius 3 is 2.70 bits per heavy atom. The molecule has 104 valence electrons. The van der Waals surface area contributed by atoms with E-state index in [1.807, 2.05) is 12.1 Å². The number of aryl methyl sites for hydroxylation is 1. The zero-order valence-corrected chi connectivity index (χ0v) is 16.8. The molecule has 0 radical (unpaired) electrons. The normalized spacial score (nSPS) is 10.6. The van der Waals surface area contributed by atoms with Crippen molar-refractivity contribution in [2.75, 3.05) is 0 Å². The van der Waals surface area contributed by atoms with Gasteiger partial charge in [-0.3, -0.25) is 0 Å². The Balaban J connectivity index is 0.00000147. The molecule has 0 amide bonds. The monoisotopic (exact) mass is 524 g/mol. The van der Waals surface area contributed by atoms with Crippen molar-refractivity contribution in [1.82, 2.24) is 4.98 Å². The lowest BCUT2D eigenvalue weighted by molar-refractivity contribution is -0.693. The fourth-order valence-electron chi connectivity index (χ4n) is 1.92. The number of halogens is 3. The van der Waals surface area contributed by atoms with Crippen LogP contribution in [0.15, 0.2) is 45.6 Å². The Bertz CT molecular complexity index is 758. The van der Waals surface area contributed by atoms with Gasteiger partial charge in [-0.2, -0.15) is 0 Å². The first-order valence-electron chi connectivity index (χ1n) is 5.92. The number of fused-ring (bicyclic) bond motifs is 1. The smallest absolute Gasteiger partial charge is 0.183 e. The van der Waals surface area contributed by atoms with Crippen molar-refractivity contribution in [3.63, 3.8) is 0 Å². The molecule has 2 nitrogen and oxygen atoms in total. The number of thiazole rings is 1. The molecule has 3 rings (SSSR count). The Morgan fingerprint density at radius 2 is 1.95 bits per heavy atom. The number of pyridine rings is 1. The van der Waals surface area contributed by atoms with Gasteiger partial charge >= 0.3 is 0 Å². The Hall–Kier alpha value is -0.0500. The first-order chi connectivity index (χ1) is 9.15. The van der Waals surface area contributed by atoms with Crippen molar-refractivity contribution in [3.8, 4) is 10.6 Å². The van der Waals surface area contributed by atoms with Crippen LogP contribution >= 0.6 is 43.2 Å². The maximum absolute atomic E-state index is 4.70. The highest BCUT2D eigenvalue weighted by Crippen LogP contribution is 2.32. The molecule has 0 saturated carbocycles. The third-order valence-electron chi connectivity index (χ3n) is 2.85. The van der Waals surface area contributed by atoms with E-state index < -0.39 is 0 Å². The van der Waals surface area contributed by atoms with E-state index in [9.17, 15) is 0 Å². The summed E-state index contributed by atoms with van der Waals surface area (Å²) < 4.78 is 5.52. The topological polar surface area (TPSA) is 16.8 Å². The van der Waals surface area contributed by atoms with Crippen molar-refractivity contribution in [1.29, 1.82) is 0 Å². The average Bonchev–Trinajstić information content (AvgIpc) is 2.80. The van der Waals surface area contributed by atoms with E-state index in [2.05, 4.69) is 67.9 Å². The van der Waals surface area contributed by atoms with Crippen LogP contribution in [0.1, 0.15) is 6.92 Å². The first kappa shape index (κ1) is 16.3. The van der Waals surface area contributed by atoms with E-state index in [1.165, 1.54) is 4.70 Å². The number of hydrogen-bond donors (Lipinski definition) is 0. The molecular weight excluding hydrogens is 515 g/mol. The summed E-state index contributed by atoms with van der Waals surface area (Å²) in [6.45, 7) is 3.08. The van der Waals surface area contributed by atoms with Gasteiger partial charge in [-0.25, -0.2) is 9.55 Å². The van der Waals surface area contributed by atoms with Crippen molar-refractivity contribution < 1.29 is 28.5 Å². The molecule has 0 aliphatic heterocycles. The van der Waals surface area contributed by atoms with Gasteiger partial charge in [0.25, 0.3) is 0 Å². The van der Waals surface area contributed by atoms with Crippen LogP contribution in [0.2, 0.25) is 0 Å². The summed E-state index contributed by atoms with van der Waals surface area (Å²) in [5, 5.41) is 1.05. The van der Waals surface area contributed by atoms with E-state index in [0.717, 1.165) is 31.6 Å². The van der Waals surface area contributed by atoms with Crippen LogP contribution in [0.5, 0.6) is 0 Å². The summed E-state index contributed by atoms with van der Waals surface area (Å²) in [7, 11) is 0. The minimum atomic E-state index is 0. The fraction of sp³-hybridized carbons (Fsp3) is 0.143. The highest BCUT2D eigenvalue weighted by Gasteiger charge is 2.11. The molecule has 0 N–H and O–H groups in total. The van der Waals surface area contributed by atoms with Gasteiger partial charge in [0.05, 0.1) is 20.3 Å². The SMILES string of the molecule is CC[n+]1cc(Br)cc(-c2nc3ccc(Br)cc3s2)c1.[I-]. The minimum absolute atomic E-state index is 0. The molecule has 0 atom stereocenters. The van der Waals surface area contributed by atoms with E-state index in [1.54, 1.807) is 11.3 Å². The summed E-state index contributed by atoms with van der Waals surface area (Å²) in [6.07, 6.45) is 4.21. The third-order valence-corrected chi connectivity index (χ3v) is 4.84. The summed E-state index contributed by atoms with van der Waals surface area (Å²) in [6, 6.07) is 8.30. The highest BCUT2D eigenvalue weighted by molar-refractivity contribution is 9.10. The van der Waals surface area contributed by atoms with E-state index in [4.69, 9.17) is 4.98 Å². The van der Waals surface area contributed by atoms with Crippen molar-refractivity contribution in [2.45, 2.75) is 13.5 Å². The summed E-state index contributed by atoms with van der Waals surface area (Å²) in [5.74, 6) is 0. The molecule has 20 heavy (non-hydrogen) atoms. The Labute approximate surface area is 155 Å². The van der Waals surface area contributed by atoms with Crippen LogP contribution in [-0.4, -0.2) is 4.98 Å². The summed E-state index contributed by atoms with van der Waals surface area (Å²) in [5.41, 5.74) is 2.19. The van der Waals surface area contributed by atoms with Gasteiger partial charge in [0, 0.05) is 4.47 Å².